The number of sulfonamides is 1. The molecule has 140 valence electrons. The fourth-order valence-electron chi connectivity index (χ4n) is 2.36. The molecule has 0 amide bonds. The van der Waals surface area contributed by atoms with Crippen molar-refractivity contribution in [1.29, 1.82) is 0 Å². The van der Waals surface area contributed by atoms with E-state index in [1.807, 2.05) is 0 Å². The largest absolute Gasteiger partial charge is 0.431 e. The van der Waals surface area contributed by atoms with Crippen molar-refractivity contribution < 1.29 is 26.7 Å². The second-order valence-electron chi connectivity index (χ2n) is 5.63. The van der Waals surface area contributed by atoms with Gasteiger partial charge in [-0.1, -0.05) is 0 Å². The number of nitrogens with one attached hydrogen (secondary N) is 2. The van der Waals surface area contributed by atoms with Gasteiger partial charge in [0.2, 0.25) is 10.0 Å². The molecule has 3 aromatic rings. The summed E-state index contributed by atoms with van der Waals surface area (Å²) in [5, 5.41) is 9.24. The molecule has 0 saturated carbocycles. The van der Waals surface area contributed by atoms with Crippen molar-refractivity contribution in [3.8, 4) is 10.4 Å². The third kappa shape index (κ3) is 3.61. The van der Waals surface area contributed by atoms with E-state index in [4.69, 9.17) is 5.11 Å². The van der Waals surface area contributed by atoms with Crippen LogP contribution in [-0.4, -0.2) is 36.1 Å². The Kier molecular flexibility index (Phi) is 4.82. The topological polar surface area (TPSA) is 95.1 Å². The zero-order valence-corrected chi connectivity index (χ0v) is 15.0. The molecule has 0 spiro atoms. The molecule has 0 bridgehead atoms. The summed E-state index contributed by atoms with van der Waals surface area (Å²) in [7, 11) is -3.83. The highest BCUT2D eigenvalue weighted by molar-refractivity contribution is 7.91. The second kappa shape index (κ2) is 6.65. The number of pyridine rings is 1. The van der Waals surface area contributed by atoms with E-state index in [2.05, 4.69) is 14.7 Å². The normalized spacial score (nSPS) is 14.0. The first kappa shape index (κ1) is 18.8. The van der Waals surface area contributed by atoms with Crippen molar-refractivity contribution in [1.82, 2.24) is 14.7 Å². The molecule has 11 heteroatoms. The maximum Gasteiger partial charge on any atom is 0.431 e. The van der Waals surface area contributed by atoms with Crippen molar-refractivity contribution in [3.05, 3.63) is 36.2 Å². The molecule has 0 aliphatic heterocycles. The first-order valence-electron chi connectivity index (χ1n) is 7.40. The molecule has 0 aliphatic rings. The van der Waals surface area contributed by atoms with Crippen molar-refractivity contribution >= 4 is 32.4 Å². The van der Waals surface area contributed by atoms with Gasteiger partial charge in [0.25, 0.3) is 0 Å². The van der Waals surface area contributed by atoms with Crippen LogP contribution in [0, 0.1) is 0 Å². The quantitative estimate of drug-likeness (QED) is 0.608. The number of halogens is 3. The van der Waals surface area contributed by atoms with Gasteiger partial charge in [0.1, 0.15) is 15.6 Å². The van der Waals surface area contributed by atoms with Crippen LogP contribution in [0.25, 0.3) is 21.5 Å². The number of nitrogens with zero attached hydrogens (tertiary/aromatic N) is 1. The molecule has 3 aromatic heterocycles. The molecular formula is C15H14F3N3O3S2. The average molecular weight is 405 g/mol. The minimum absolute atomic E-state index is 0.00402. The lowest BCUT2D eigenvalue weighted by molar-refractivity contribution is -0.140. The van der Waals surface area contributed by atoms with E-state index >= 15 is 0 Å². The molecule has 0 saturated heterocycles. The average Bonchev–Trinajstić information content (AvgIpc) is 3.20. The number of hydrogen-bond donors (Lipinski definition) is 3. The Morgan fingerprint density at radius 3 is 2.73 bits per heavy atom. The third-order valence-corrected chi connectivity index (χ3v) is 6.78. The van der Waals surface area contributed by atoms with Crippen molar-refractivity contribution in [2.75, 3.05) is 6.61 Å². The number of fused-ring (bicyclic) bond motifs is 1. The highest BCUT2D eigenvalue weighted by Gasteiger charge is 2.33. The highest BCUT2D eigenvalue weighted by atomic mass is 32.2. The molecule has 3 heterocycles. The zero-order valence-electron chi connectivity index (χ0n) is 13.3. The Labute approximate surface area is 150 Å². The summed E-state index contributed by atoms with van der Waals surface area (Å²) < 4.78 is 65.6. The molecule has 1 atom stereocenters. The van der Waals surface area contributed by atoms with Crippen LogP contribution in [0.1, 0.15) is 12.6 Å². The first-order valence-corrected chi connectivity index (χ1v) is 9.70. The Hall–Kier alpha value is -1.95. The SMILES string of the molecule is CC(CO)NS(=O)(=O)c1ccc(-c2ccnc3[nH]c(C(F)(F)F)cc23)s1. The molecule has 0 fully saturated rings. The summed E-state index contributed by atoms with van der Waals surface area (Å²) in [4.78, 5) is 6.61. The Morgan fingerprint density at radius 1 is 1.35 bits per heavy atom. The molecule has 6 nitrogen and oxygen atoms in total. The number of aliphatic hydroxyl groups excluding tert-OH is 1. The molecule has 3 rings (SSSR count). The number of H-pyrrole nitrogens is 1. The van der Waals surface area contributed by atoms with E-state index in [9.17, 15) is 21.6 Å². The number of hydrogen-bond acceptors (Lipinski definition) is 5. The maximum absolute atomic E-state index is 12.9. The predicted octanol–water partition coefficient (Wildman–Crippen LogP) is 2.97. The smallest absolute Gasteiger partial charge is 0.395 e. The first-order chi connectivity index (χ1) is 12.1. The number of aliphatic hydroxyl groups is 1. The van der Waals surface area contributed by atoms with Gasteiger partial charge in [0.15, 0.2) is 0 Å². The number of aromatic nitrogens is 2. The Balaban J connectivity index is 2.03. The molecule has 26 heavy (non-hydrogen) atoms. The van der Waals surface area contributed by atoms with Gasteiger partial charge in [-0.05, 0) is 31.2 Å². The van der Waals surface area contributed by atoms with Gasteiger partial charge in [0.05, 0.1) is 6.61 Å². The molecule has 0 aromatic carbocycles. The molecular weight excluding hydrogens is 391 g/mol. The van der Waals surface area contributed by atoms with Gasteiger partial charge in [0, 0.05) is 28.1 Å². The van der Waals surface area contributed by atoms with Crippen molar-refractivity contribution in [3.63, 3.8) is 0 Å². The second-order valence-corrected chi connectivity index (χ2v) is 8.65. The van der Waals surface area contributed by atoms with Gasteiger partial charge in [-0.15, -0.1) is 11.3 Å². The standard InChI is InChI=1S/C15H14F3N3O3S2/c1-8(7-22)21-26(23,24)13-3-2-11(25-13)9-4-5-19-14-10(9)6-12(20-14)15(16,17)18/h2-6,8,21-22H,7H2,1H3,(H,19,20). The van der Waals surface area contributed by atoms with Gasteiger partial charge >= 0.3 is 6.18 Å². The summed E-state index contributed by atoms with van der Waals surface area (Å²) in [5.74, 6) is 0. The lowest BCUT2D eigenvalue weighted by Crippen LogP contribution is -2.34. The van der Waals surface area contributed by atoms with Crippen LogP contribution in [0.2, 0.25) is 0 Å². The van der Waals surface area contributed by atoms with Gasteiger partial charge in [-0.3, -0.25) is 0 Å². The number of rotatable bonds is 5. The van der Waals surface area contributed by atoms with E-state index in [1.165, 1.54) is 31.3 Å². The van der Waals surface area contributed by atoms with Crippen LogP contribution in [0.3, 0.4) is 0 Å². The minimum Gasteiger partial charge on any atom is -0.395 e. The predicted molar refractivity (Wildman–Crippen MR) is 91.3 cm³/mol. The maximum atomic E-state index is 12.9. The highest BCUT2D eigenvalue weighted by Crippen LogP contribution is 2.37. The summed E-state index contributed by atoms with van der Waals surface area (Å²) in [5.41, 5.74) is -0.404. The van der Waals surface area contributed by atoms with Gasteiger partial charge in [-0.25, -0.2) is 18.1 Å². The lowest BCUT2D eigenvalue weighted by atomic mass is 10.1. The van der Waals surface area contributed by atoms with Crippen molar-refractivity contribution in [2.45, 2.75) is 23.4 Å². The van der Waals surface area contributed by atoms with Crippen LogP contribution in [0.5, 0.6) is 0 Å². The van der Waals surface area contributed by atoms with E-state index in [0.29, 0.717) is 10.4 Å². The fourth-order valence-corrected chi connectivity index (χ4v) is 4.96. The van der Waals surface area contributed by atoms with E-state index < -0.39 is 27.9 Å². The summed E-state index contributed by atoms with van der Waals surface area (Å²) >= 11 is 0.922. The Bertz CT molecular complexity index is 1040. The van der Waals surface area contributed by atoms with E-state index in [-0.39, 0.29) is 21.8 Å². The lowest BCUT2D eigenvalue weighted by Gasteiger charge is -2.09. The molecule has 0 radical (unpaired) electrons. The zero-order chi connectivity index (χ0) is 19.1. The van der Waals surface area contributed by atoms with Crippen LogP contribution in [0.4, 0.5) is 13.2 Å². The fraction of sp³-hybridized carbons (Fsp3) is 0.267. The minimum atomic E-state index is -4.54. The van der Waals surface area contributed by atoms with Crippen molar-refractivity contribution in [2.24, 2.45) is 0 Å². The number of thiophene rings is 1. The summed E-state index contributed by atoms with van der Waals surface area (Å²) in [6.07, 6.45) is -3.18. The van der Waals surface area contributed by atoms with Crippen LogP contribution in [-0.2, 0) is 16.2 Å². The third-order valence-electron chi connectivity index (χ3n) is 3.58. The molecule has 0 aliphatic carbocycles. The summed E-state index contributed by atoms with van der Waals surface area (Å²) in [6, 6.07) is 4.73. The van der Waals surface area contributed by atoms with Gasteiger partial charge in [-0.2, -0.15) is 13.2 Å². The van der Waals surface area contributed by atoms with Gasteiger partial charge < -0.3 is 10.1 Å². The van der Waals surface area contributed by atoms with E-state index in [1.54, 1.807) is 0 Å². The summed E-state index contributed by atoms with van der Waals surface area (Å²) in [6.45, 7) is 1.16. The van der Waals surface area contributed by atoms with E-state index in [0.717, 1.165) is 17.4 Å². The molecule has 3 N–H and O–H groups in total. The molecule has 1 unspecified atom stereocenters. The van der Waals surface area contributed by atoms with Crippen LogP contribution < -0.4 is 4.72 Å². The number of alkyl halides is 3. The van der Waals surface area contributed by atoms with Crippen LogP contribution >= 0.6 is 11.3 Å². The monoisotopic (exact) mass is 405 g/mol. The Morgan fingerprint density at radius 2 is 2.08 bits per heavy atom. The number of aromatic amines is 1. The van der Waals surface area contributed by atoms with Crippen LogP contribution in [0.15, 0.2) is 34.7 Å².